The van der Waals surface area contributed by atoms with E-state index in [1.165, 1.54) is 5.56 Å². The van der Waals surface area contributed by atoms with Crippen molar-refractivity contribution in [2.24, 2.45) is 0 Å². The van der Waals surface area contributed by atoms with E-state index in [2.05, 4.69) is 28.9 Å². The number of methoxy groups -OCH3 is 1. The standard InChI is InChI=1S/C17H19BrO2/c1-11-4-6-14(12(2)8-11)16(19)10-13-5-7-17(20-3)15(18)9-13/h4-9,16,19H,10H2,1-3H3. The summed E-state index contributed by atoms with van der Waals surface area (Å²) in [5.74, 6) is 0.801. The molecule has 1 atom stereocenters. The molecule has 0 radical (unpaired) electrons. The first-order valence-electron chi connectivity index (χ1n) is 6.59. The summed E-state index contributed by atoms with van der Waals surface area (Å²) in [6.07, 6.45) is 0.0999. The van der Waals surface area contributed by atoms with Crippen molar-refractivity contribution in [1.29, 1.82) is 0 Å². The Morgan fingerprint density at radius 1 is 1.15 bits per heavy atom. The van der Waals surface area contributed by atoms with Crippen LogP contribution in [0, 0.1) is 13.8 Å². The van der Waals surface area contributed by atoms with Crippen molar-refractivity contribution in [2.75, 3.05) is 7.11 Å². The first-order chi connectivity index (χ1) is 9.51. The molecule has 0 aliphatic rings. The smallest absolute Gasteiger partial charge is 0.133 e. The van der Waals surface area contributed by atoms with Crippen LogP contribution in [-0.2, 0) is 6.42 Å². The van der Waals surface area contributed by atoms with Gasteiger partial charge in [-0.25, -0.2) is 0 Å². The Morgan fingerprint density at radius 2 is 1.90 bits per heavy atom. The van der Waals surface area contributed by atoms with Crippen molar-refractivity contribution >= 4 is 15.9 Å². The van der Waals surface area contributed by atoms with Gasteiger partial charge in [-0.3, -0.25) is 0 Å². The van der Waals surface area contributed by atoms with Crippen LogP contribution in [0.1, 0.15) is 28.4 Å². The number of halogens is 1. The van der Waals surface area contributed by atoms with Gasteiger partial charge in [-0.05, 0) is 58.6 Å². The van der Waals surface area contributed by atoms with Gasteiger partial charge < -0.3 is 9.84 Å². The molecule has 106 valence electrons. The highest BCUT2D eigenvalue weighted by atomic mass is 79.9. The second-order valence-electron chi connectivity index (χ2n) is 5.05. The van der Waals surface area contributed by atoms with Gasteiger partial charge in [-0.15, -0.1) is 0 Å². The van der Waals surface area contributed by atoms with Crippen molar-refractivity contribution < 1.29 is 9.84 Å². The average Bonchev–Trinajstić information content (AvgIpc) is 2.38. The van der Waals surface area contributed by atoms with Crippen molar-refractivity contribution in [3.8, 4) is 5.75 Å². The summed E-state index contributed by atoms with van der Waals surface area (Å²) in [5.41, 5.74) is 4.41. The van der Waals surface area contributed by atoms with E-state index in [0.29, 0.717) is 6.42 Å². The molecule has 1 N–H and O–H groups in total. The van der Waals surface area contributed by atoms with E-state index in [1.807, 2.05) is 37.3 Å². The molecule has 0 saturated heterocycles. The summed E-state index contributed by atoms with van der Waals surface area (Å²) in [6, 6.07) is 12.0. The molecule has 3 heteroatoms. The zero-order chi connectivity index (χ0) is 14.7. The molecule has 0 fully saturated rings. The molecule has 2 aromatic carbocycles. The van der Waals surface area contributed by atoms with Gasteiger partial charge in [0.2, 0.25) is 0 Å². The molecule has 2 nitrogen and oxygen atoms in total. The van der Waals surface area contributed by atoms with Crippen LogP contribution < -0.4 is 4.74 Å². The minimum absolute atomic E-state index is 0.490. The van der Waals surface area contributed by atoms with Gasteiger partial charge in [0.25, 0.3) is 0 Å². The minimum atomic E-state index is -0.490. The SMILES string of the molecule is COc1ccc(CC(O)c2ccc(C)cc2C)cc1Br. The third kappa shape index (κ3) is 3.41. The monoisotopic (exact) mass is 334 g/mol. The maximum Gasteiger partial charge on any atom is 0.133 e. The largest absolute Gasteiger partial charge is 0.496 e. The van der Waals surface area contributed by atoms with Crippen LogP contribution in [0.5, 0.6) is 5.75 Å². The van der Waals surface area contributed by atoms with Crippen LogP contribution in [0.3, 0.4) is 0 Å². The molecule has 0 heterocycles. The van der Waals surface area contributed by atoms with Crippen LogP contribution >= 0.6 is 15.9 Å². The third-order valence-electron chi connectivity index (χ3n) is 3.43. The topological polar surface area (TPSA) is 29.5 Å². The number of ether oxygens (including phenoxy) is 1. The van der Waals surface area contributed by atoms with E-state index < -0.39 is 6.10 Å². The fourth-order valence-electron chi connectivity index (χ4n) is 2.37. The average molecular weight is 335 g/mol. The van der Waals surface area contributed by atoms with E-state index in [9.17, 15) is 5.11 Å². The number of aliphatic hydroxyl groups is 1. The van der Waals surface area contributed by atoms with Crippen LogP contribution in [0.4, 0.5) is 0 Å². The normalized spacial score (nSPS) is 12.2. The Morgan fingerprint density at radius 3 is 2.50 bits per heavy atom. The Kier molecular flexibility index (Phi) is 4.84. The Balaban J connectivity index is 2.18. The van der Waals surface area contributed by atoms with Crippen LogP contribution in [0.25, 0.3) is 0 Å². The maximum absolute atomic E-state index is 10.4. The first-order valence-corrected chi connectivity index (χ1v) is 7.38. The lowest BCUT2D eigenvalue weighted by Crippen LogP contribution is -2.04. The van der Waals surface area contributed by atoms with E-state index in [-0.39, 0.29) is 0 Å². The Bertz CT molecular complexity index is 608. The third-order valence-corrected chi connectivity index (χ3v) is 4.05. The summed E-state index contributed by atoms with van der Waals surface area (Å²) < 4.78 is 6.12. The lowest BCUT2D eigenvalue weighted by molar-refractivity contribution is 0.177. The molecule has 0 amide bonds. The molecule has 0 aromatic heterocycles. The van der Waals surface area contributed by atoms with Gasteiger partial charge in [0.1, 0.15) is 5.75 Å². The number of hydrogen-bond donors (Lipinski definition) is 1. The molecule has 0 aliphatic carbocycles. The highest BCUT2D eigenvalue weighted by molar-refractivity contribution is 9.10. The molecule has 0 bridgehead atoms. The molecule has 0 spiro atoms. The maximum atomic E-state index is 10.4. The minimum Gasteiger partial charge on any atom is -0.496 e. The highest BCUT2D eigenvalue weighted by Gasteiger charge is 2.12. The van der Waals surface area contributed by atoms with E-state index >= 15 is 0 Å². The van der Waals surface area contributed by atoms with Gasteiger partial charge >= 0.3 is 0 Å². The zero-order valence-electron chi connectivity index (χ0n) is 12.0. The molecule has 2 rings (SSSR count). The Labute approximate surface area is 128 Å². The molecule has 2 aromatic rings. The predicted molar refractivity (Wildman–Crippen MR) is 85.3 cm³/mol. The molecular weight excluding hydrogens is 316 g/mol. The van der Waals surface area contributed by atoms with Crippen LogP contribution in [-0.4, -0.2) is 12.2 Å². The summed E-state index contributed by atoms with van der Waals surface area (Å²) in [5, 5.41) is 10.4. The molecule has 20 heavy (non-hydrogen) atoms. The van der Waals surface area contributed by atoms with Crippen molar-refractivity contribution in [3.63, 3.8) is 0 Å². The molecule has 0 aliphatic heterocycles. The lowest BCUT2D eigenvalue weighted by atomic mass is 9.96. The summed E-state index contributed by atoms with van der Waals surface area (Å²) >= 11 is 3.47. The Hall–Kier alpha value is -1.32. The predicted octanol–water partition coefficient (Wildman–Crippen LogP) is 4.35. The lowest BCUT2D eigenvalue weighted by Gasteiger charge is -2.15. The fourth-order valence-corrected chi connectivity index (χ4v) is 2.96. The van der Waals surface area contributed by atoms with E-state index in [1.54, 1.807) is 7.11 Å². The number of aliphatic hydroxyl groups excluding tert-OH is 1. The molecule has 1 unspecified atom stereocenters. The van der Waals surface area contributed by atoms with Gasteiger partial charge in [-0.2, -0.15) is 0 Å². The van der Waals surface area contributed by atoms with Gasteiger partial charge in [-0.1, -0.05) is 29.8 Å². The van der Waals surface area contributed by atoms with Crippen LogP contribution in [0.2, 0.25) is 0 Å². The quantitative estimate of drug-likeness (QED) is 0.900. The van der Waals surface area contributed by atoms with Gasteiger partial charge in [0.15, 0.2) is 0 Å². The van der Waals surface area contributed by atoms with Gasteiger partial charge in [0.05, 0.1) is 17.7 Å². The van der Waals surface area contributed by atoms with Crippen molar-refractivity contribution in [2.45, 2.75) is 26.4 Å². The number of hydrogen-bond acceptors (Lipinski definition) is 2. The fraction of sp³-hybridized carbons (Fsp3) is 0.294. The van der Waals surface area contributed by atoms with Crippen molar-refractivity contribution in [1.82, 2.24) is 0 Å². The molecule has 0 saturated carbocycles. The molecular formula is C17H19BrO2. The number of aryl methyl sites for hydroxylation is 2. The second-order valence-corrected chi connectivity index (χ2v) is 5.90. The zero-order valence-corrected chi connectivity index (χ0v) is 13.6. The number of rotatable bonds is 4. The van der Waals surface area contributed by atoms with E-state index in [4.69, 9.17) is 4.74 Å². The first kappa shape index (κ1) is 15.1. The second kappa shape index (κ2) is 6.42. The summed E-state index contributed by atoms with van der Waals surface area (Å²) in [6.45, 7) is 4.10. The van der Waals surface area contributed by atoms with Gasteiger partial charge in [0, 0.05) is 6.42 Å². The van der Waals surface area contributed by atoms with Crippen LogP contribution in [0.15, 0.2) is 40.9 Å². The number of benzene rings is 2. The summed E-state index contributed by atoms with van der Waals surface area (Å²) in [4.78, 5) is 0. The summed E-state index contributed by atoms with van der Waals surface area (Å²) in [7, 11) is 1.64. The van der Waals surface area contributed by atoms with E-state index in [0.717, 1.165) is 26.9 Å². The highest BCUT2D eigenvalue weighted by Crippen LogP contribution is 2.28. The van der Waals surface area contributed by atoms with Crippen molar-refractivity contribution in [3.05, 3.63) is 63.1 Å².